The molecule has 0 radical (unpaired) electrons. The lowest BCUT2D eigenvalue weighted by Gasteiger charge is -2.27. The zero-order chi connectivity index (χ0) is 13.2. The average molecular weight is 279 g/mol. The minimum absolute atomic E-state index is 0.233. The van der Waals surface area contributed by atoms with E-state index < -0.39 is 0 Å². The van der Waals surface area contributed by atoms with Crippen LogP contribution in [0.15, 0.2) is 18.2 Å². The van der Waals surface area contributed by atoms with Gasteiger partial charge in [0.25, 0.3) is 0 Å². The molecular formula is C14H18FN3S. The third-order valence-corrected chi connectivity index (χ3v) is 4.93. The van der Waals surface area contributed by atoms with E-state index in [0.717, 1.165) is 22.2 Å². The lowest BCUT2D eigenvalue weighted by atomic mass is 9.95. The van der Waals surface area contributed by atoms with Gasteiger partial charge in [-0.15, -0.1) is 0 Å². The second-order valence-electron chi connectivity index (χ2n) is 5.10. The summed E-state index contributed by atoms with van der Waals surface area (Å²) in [6.45, 7) is 0. The summed E-state index contributed by atoms with van der Waals surface area (Å²) in [6.07, 6.45) is 7.06. The number of H-pyrrole nitrogens is 1. The Morgan fingerprint density at radius 3 is 2.84 bits per heavy atom. The monoisotopic (exact) mass is 279 g/mol. The van der Waals surface area contributed by atoms with Gasteiger partial charge >= 0.3 is 0 Å². The number of imidazole rings is 1. The van der Waals surface area contributed by atoms with Crippen molar-refractivity contribution in [2.24, 2.45) is 0 Å². The SMILES string of the molecule is CSC1CCC(Nc2nc3ccc(F)cc3[nH]2)CC1. The summed E-state index contributed by atoms with van der Waals surface area (Å²) < 4.78 is 13.1. The minimum Gasteiger partial charge on any atom is -0.353 e. The summed E-state index contributed by atoms with van der Waals surface area (Å²) in [5, 5.41) is 4.24. The molecule has 1 aliphatic carbocycles. The molecule has 1 saturated carbocycles. The molecule has 0 atom stereocenters. The molecule has 0 bridgehead atoms. The summed E-state index contributed by atoms with van der Waals surface area (Å²) in [4.78, 5) is 7.59. The summed E-state index contributed by atoms with van der Waals surface area (Å²) >= 11 is 1.97. The number of aromatic nitrogens is 2. The topological polar surface area (TPSA) is 40.7 Å². The van der Waals surface area contributed by atoms with Crippen molar-refractivity contribution in [1.82, 2.24) is 9.97 Å². The van der Waals surface area contributed by atoms with Crippen LogP contribution in [0.5, 0.6) is 0 Å². The summed E-state index contributed by atoms with van der Waals surface area (Å²) in [6, 6.07) is 5.11. The number of fused-ring (bicyclic) bond motifs is 1. The van der Waals surface area contributed by atoms with Crippen molar-refractivity contribution in [2.45, 2.75) is 37.0 Å². The number of hydrogen-bond donors (Lipinski definition) is 2. The van der Waals surface area contributed by atoms with E-state index in [1.54, 1.807) is 6.07 Å². The molecule has 0 unspecified atom stereocenters. The summed E-state index contributed by atoms with van der Waals surface area (Å²) in [5.41, 5.74) is 1.56. The van der Waals surface area contributed by atoms with Crippen molar-refractivity contribution < 1.29 is 4.39 Å². The van der Waals surface area contributed by atoms with Crippen LogP contribution in [0.4, 0.5) is 10.3 Å². The molecule has 3 nitrogen and oxygen atoms in total. The number of halogens is 1. The maximum absolute atomic E-state index is 13.1. The first-order valence-electron chi connectivity index (χ1n) is 6.69. The molecule has 1 aromatic heterocycles. The fourth-order valence-electron chi connectivity index (χ4n) is 2.69. The summed E-state index contributed by atoms with van der Waals surface area (Å²) in [7, 11) is 0. The van der Waals surface area contributed by atoms with Gasteiger partial charge in [-0.3, -0.25) is 0 Å². The van der Waals surface area contributed by atoms with Crippen molar-refractivity contribution in [3.63, 3.8) is 0 Å². The van der Waals surface area contributed by atoms with E-state index in [9.17, 15) is 4.39 Å². The second-order valence-corrected chi connectivity index (χ2v) is 6.24. The molecule has 0 saturated heterocycles. The Hall–Kier alpha value is -1.23. The molecule has 1 fully saturated rings. The predicted molar refractivity (Wildman–Crippen MR) is 79.2 cm³/mol. The fraction of sp³-hybridized carbons (Fsp3) is 0.500. The molecule has 3 rings (SSSR count). The zero-order valence-corrected chi connectivity index (χ0v) is 11.8. The van der Waals surface area contributed by atoms with Crippen LogP contribution >= 0.6 is 11.8 Å². The van der Waals surface area contributed by atoms with E-state index in [1.807, 2.05) is 11.8 Å². The molecule has 19 heavy (non-hydrogen) atoms. The third kappa shape index (κ3) is 2.86. The molecule has 1 heterocycles. The Labute approximate surface area is 116 Å². The first-order chi connectivity index (χ1) is 9.24. The maximum atomic E-state index is 13.1. The van der Waals surface area contributed by atoms with Crippen LogP contribution in [-0.4, -0.2) is 27.5 Å². The van der Waals surface area contributed by atoms with Gasteiger partial charge in [0.15, 0.2) is 0 Å². The van der Waals surface area contributed by atoms with Crippen molar-refractivity contribution in [2.75, 3.05) is 11.6 Å². The lowest BCUT2D eigenvalue weighted by molar-refractivity contribution is 0.471. The quantitative estimate of drug-likeness (QED) is 0.898. The van der Waals surface area contributed by atoms with Gasteiger partial charge in [0, 0.05) is 11.3 Å². The van der Waals surface area contributed by atoms with Gasteiger partial charge < -0.3 is 10.3 Å². The Kier molecular flexibility index (Phi) is 3.64. The van der Waals surface area contributed by atoms with Gasteiger partial charge in [-0.05, 0) is 50.1 Å². The van der Waals surface area contributed by atoms with Crippen LogP contribution in [0.1, 0.15) is 25.7 Å². The molecule has 0 amide bonds. The number of rotatable bonds is 3. The summed E-state index contributed by atoms with van der Waals surface area (Å²) in [5.74, 6) is 0.524. The van der Waals surface area contributed by atoms with Crippen molar-refractivity contribution >= 4 is 28.7 Å². The molecule has 2 N–H and O–H groups in total. The number of nitrogens with one attached hydrogen (secondary N) is 2. The van der Waals surface area contributed by atoms with Gasteiger partial charge in [0.05, 0.1) is 11.0 Å². The van der Waals surface area contributed by atoms with Crippen molar-refractivity contribution in [1.29, 1.82) is 0 Å². The van der Waals surface area contributed by atoms with E-state index in [1.165, 1.54) is 37.8 Å². The number of benzene rings is 1. The second kappa shape index (κ2) is 5.41. The highest BCUT2D eigenvalue weighted by molar-refractivity contribution is 7.99. The number of nitrogens with zero attached hydrogens (tertiary/aromatic N) is 1. The van der Waals surface area contributed by atoms with Crippen LogP contribution < -0.4 is 5.32 Å². The highest BCUT2D eigenvalue weighted by atomic mass is 32.2. The number of thioether (sulfide) groups is 1. The van der Waals surface area contributed by atoms with Crippen LogP contribution in [0.25, 0.3) is 11.0 Å². The van der Waals surface area contributed by atoms with E-state index in [0.29, 0.717) is 6.04 Å². The first-order valence-corrected chi connectivity index (χ1v) is 7.98. The minimum atomic E-state index is -0.233. The zero-order valence-electron chi connectivity index (χ0n) is 10.9. The molecule has 1 aromatic carbocycles. The Morgan fingerprint density at radius 1 is 1.32 bits per heavy atom. The Morgan fingerprint density at radius 2 is 2.11 bits per heavy atom. The largest absolute Gasteiger partial charge is 0.353 e. The van der Waals surface area contributed by atoms with E-state index in [2.05, 4.69) is 21.5 Å². The van der Waals surface area contributed by atoms with Gasteiger partial charge in [-0.2, -0.15) is 11.8 Å². The molecule has 102 valence electrons. The Bertz CT molecular complexity index is 561. The van der Waals surface area contributed by atoms with E-state index >= 15 is 0 Å². The standard InChI is InChI=1S/C14H18FN3S/c1-19-11-5-3-10(4-6-11)16-14-17-12-7-2-9(15)8-13(12)18-14/h2,7-8,10-11H,3-6H2,1H3,(H2,16,17,18). The number of hydrogen-bond acceptors (Lipinski definition) is 3. The van der Waals surface area contributed by atoms with Crippen LogP contribution in [0.3, 0.4) is 0 Å². The highest BCUT2D eigenvalue weighted by Gasteiger charge is 2.20. The Balaban J connectivity index is 1.68. The third-order valence-electron chi connectivity index (χ3n) is 3.79. The average Bonchev–Trinajstić information content (AvgIpc) is 2.81. The van der Waals surface area contributed by atoms with Gasteiger partial charge in [-0.25, -0.2) is 9.37 Å². The molecule has 0 spiro atoms. The molecule has 5 heteroatoms. The fourth-order valence-corrected chi connectivity index (χ4v) is 3.43. The number of anilines is 1. The van der Waals surface area contributed by atoms with Crippen molar-refractivity contribution in [3.05, 3.63) is 24.0 Å². The van der Waals surface area contributed by atoms with Gasteiger partial charge in [0.1, 0.15) is 5.82 Å². The van der Waals surface area contributed by atoms with Crippen molar-refractivity contribution in [3.8, 4) is 0 Å². The van der Waals surface area contributed by atoms with E-state index in [4.69, 9.17) is 0 Å². The molecule has 2 aromatic rings. The highest BCUT2D eigenvalue weighted by Crippen LogP contribution is 2.28. The van der Waals surface area contributed by atoms with Crippen LogP contribution in [-0.2, 0) is 0 Å². The lowest BCUT2D eigenvalue weighted by Crippen LogP contribution is -2.27. The maximum Gasteiger partial charge on any atom is 0.201 e. The van der Waals surface area contributed by atoms with Crippen LogP contribution in [0, 0.1) is 5.82 Å². The van der Waals surface area contributed by atoms with Gasteiger partial charge in [-0.1, -0.05) is 0 Å². The molecule has 1 aliphatic rings. The first kappa shape index (κ1) is 12.8. The predicted octanol–water partition coefficient (Wildman–Crippen LogP) is 3.79. The van der Waals surface area contributed by atoms with Crippen LogP contribution in [0.2, 0.25) is 0 Å². The number of aromatic amines is 1. The molecule has 0 aliphatic heterocycles. The molecular weight excluding hydrogens is 261 g/mol. The smallest absolute Gasteiger partial charge is 0.201 e. The van der Waals surface area contributed by atoms with Gasteiger partial charge in [0.2, 0.25) is 5.95 Å². The van der Waals surface area contributed by atoms with E-state index in [-0.39, 0.29) is 5.82 Å². The normalized spacial score (nSPS) is 23.7.